The summed E-state index contributed by atoms with van der Waals surface area (Å²) in [5.41, 5.74) is 4.26. The Morgan fingerprint density at radius 1 is 1.00 bits per heavy atom. The van der Waals surface area contributed by atoms with Gasteiger partial charge in [-0.15, -0.1) is 11.8 Å². The molecule has 2 amide bonds. The average molecular weight is 552 g/mol. The number of phenols is 1. The number of aromatic hydroxyl groups is 1. The van der Waals surface area contributed by atoms with Crippen molar-refractivity contribution < 1.29 is 19.1 Å². The third-order valence-corrected chi connectivity index (χ3v) is 7.75. The van der Waals surface area contributed by atoms with Crippen molar-refractivity contribution in [2.45, 2.75) is 24.3 Å². The van der Waals surface area contributed by atoms with Crippen LogP contribution in [0.4, 0.5) is 0 Å². The molecule has 3 N–H and O–H groups in total. The fourth-order valence-corrected chi connectivity index (χ4v) is 5.51. The van der Waals surface area contributed by atoms with Crippen LogP contribution in [0.25, 0.3) is 33.2 Å². The van der Waals surface area contributed by atoms with Gasteiger partial charge < -0.3 is 20.2 Å². The van der Waals surface area contributed by atoms with Gasteiger partial charge in [-0.05, 0) is 59.2 Å². The molecule has 8 heteroatoms. The van der Waals surface area contributed by atoms with E-state index in [1.54, 1.807) is 31.5 Å². The molecule has 0 radical (unpaired) electrons. The standard InChI is InChI=1S/C32H29N3O4S/c1-20-9-10-21(15-27(20)36)14-26(32(38)33-2)35-30(37)19-40-29-12-11-22-6-3-4-7-25(22)31(29)24-16-23(17-34-18-24)28-8-5-13-39-28/h3-13,15-18,26,36H,14,19H2,1-2H3,(H,33,38)(H,35,37)/t26-/m0/s1. The number of aromatic nitrogens is 1. The summed E-state index contributed by atoms with van der Waals surface area (Å²) in [5.74, 6) is 0.431. The molecule has 202 valence electrons. The summed E-state index contributed by atoms with van der Waals surface area (Å²) < 4.78 is 5.58. The van der Waals surface area contributed by atoms with Gasteiger partial charge in [0.15, 0.2) is 0 Å². The van der Waals surface area contributed by atoms with Gasteiger partial charge in [-0.2, -0.15) is 0 Å². The average Bonchev–Trinajstić information content (AvgIpc) is 3.52. The van der Waals surface area contributed by atoms with Crippen LogP contribution in [0.1, 0.15) is 11.1 Å². The molecule has 1 atom stereocenters. The van der Waals surface area contributed by atoms with Crippen molar-refractivity contribution >= 4 is 34.3 Å². The van der Waals surface area contributed by atoms with Gasteiger partial charge in [0, 0.05) is 47.4 Å². The minimum Gasteiger partial charge on any atom is -0.508 e. The zero-order valence-corrected chi connectivity index (χ0v) is 23.0. The molecule has 0 aliphatic rings. The Labute approximate surface area is 236 Å². The number of nitrogens with one attached hydrogen (secondary N) is 2. The number of hydrogen-bond donors (Lipinski definition) is 3. The normalized spacial score (nSPS) is 11.8. The van der Waals surface area contributed by atoms with Crippen LogP contribution in [-0.2, 0) is 16.0 Å². The van der Waals surface area contributed by atoms with Gasteiger partial charge in [0.1, 0.15) is 17.6 Å². The van der Waals surface area contributed by atoms with Crippen molar-refractivity contribution in [2.75, 3.05) is 12.8 Å². The largest absolute Gasteiger partial charge is 0.508 e. The molecule has 0 aliphatic carbocycles. The maximum absolute atomic E-state index is 13.1. The molecule has 3 aromatic carbocycles. The number of phenolic OH excluding ortho intramolecular Hbond substituents is 1. The summed E-state index contributed by atoms with van der Waals surface area (Å²) in [6.07, 6.45) is 5.47. The molecule has 2 heterocycles. The van der Waals surface area contributed by atoms with Gasteiger partial charge in [0.2, 0.25) is 11.8 Å². The SMILES string of the molecule is CNC(=O)[C@H](Cc1ccc(C)c(O)c1)NC(=O)CSc1ccc2ccccc2c1-c1cncc(-c2ccco2)c1. The lowest BCUT2D eigenvalue weighted by Gasteiger charge is -2.18. The van der Waals surface area contributed by atoms with Crippen molar-refractivity contribution in [3.05, 3.63) is 103 Å². The number of fused-ring (bicyclic) bond motifs is 1. The topological polar surface area (TPSA) is 104 Å². The predicted octanol–water partition coefficient (Wildman–Crippen LogP) is 5.74. The number of carbonyl (C=O) groups is 2. The zero-order chi connectivity index (χ0) is 28.1. The molecular formula is C32H29N3O4S. The van der Waals surface area contributed by atoms with Crippen LogP contribution in [0.2, 0.25) is 0 Å². The summed E-state index contributed by atoms with van der Waals surface area (Å²) in [7, 11) is 1.54. The Balaban J connectivity index is 1.39. The molecule has 0 bridgehead atoms. The van der Waals surface area contributed by atoms with E-state index in [4.69, 9.17) is 4.42 Å². The number of thioether (sulfide) groups is 1. The summed E-state index contributed by atoms with van der Waals surface area (Å²) in [6, 6.07) is 22.4. The van der Waals surface area contributed by atoms with E-state index in [9.17, 15) is 14.7 Å². The summed E-state index contributed by atoms with van der Waals surface area (Å²) in [4.78, 5) is 31.1. The van der Waals surface area contributed by atoms with Gasteiger partial charge in [0.25, 0.3) is 0 Å². The highest BCUT2D eigenvalue weighted by molar-refractivity contribution is 8.00. The molecular weight excluding hydrogens is 522 g/mol. The zero-order valence-electron chi connectivity index (χ0n) is 22.2. The smallest absolute Gasteiger partial charge is 0.242 e. The number of hydrogen-bond acceptors (Lipinski definition) is 6. The van der Waals surface area contributed by atoms with Crippen LogP contribution in [0.5, 0.6) is 5.75 Å². The van der Waals surface area contributed by atoms with Crippen LogP contribution in [0.15, 0.2) is 101 Å². The second kappa shape index (κ2) is 12.1. The molecule has 0 aliphatic heterocycles. The minimum absolute atomic E-state index is 0.114. The number of nitrogens with zero attached hydrogens (tertiary/aromatic N) is 1. The number of amides is 2. The Hall–Kier alpha value is -4.56. The van der Waals surface area contributed by atoms with Gasteiger partial charge in [-0.25, -0.2) is 0 Å². The highest BCUT2D eigenvalue weighted by Crippen LogP contribution is 2.38. The molecule has 0 unspecified atom stereocenters. The number of carbonyl (C=O) groups excluding carboxylic acids is 2. The van der Waals surface area contributed by atoms with Crippen molar-refractivity contribution in [1.29, 1.82) is 0 Å². The number of aryl methyl sites for hydroxylation is 1. The van der Waals surface area contributed by atoms with Crippen molar-refractivity contribution in [3.63, 3.8) is 0 Å². The molecule has 5 rings (SSSR count). The first-order chi connectivity index (χ1) is 19.4. The minimum atomic E-state index is -0.773. The van der Waals surface area contributed by atoms with Crippen LogP contribution in [0.3, 0.4) is 0 Å². The lowest BCUT2D eigenvalue weighted by atomic mass is 9.98. The van der Waals surface area contributed by atoms with E-state index in [0.717, 1.165) is 49.2 Å². The molecule has 40 heavy (non-hydrogen) atoms. The number of pyridine rings is 1. The Morgan fingerprint density at radius 3 is 2.60 bits per heavy atom. The van der Waals surface area contributed by atoms with Gasteiger partial charge >= 0.3 is 0 Å². The highest BCUT2D eigenvalue weighted by atomic mass is 32.2. The first kappa shape index (κ1) is 27.0. The number of rotatable bonds is 9. The van der Waals surface area contributed by atoms with Crippen molar-refractivity contribution in [1.82, 2.24) is 15.6 Å². The maximum Gasteiger partial charge on any atom is 0.242 e. The highest BCUT2D eigenvalue weighted by Gasteiger charge is 2.21. The lowest BCUT2D eigenvalue weighted by molar-refractivity contribution is -0.127. The summed E-state index contributed by atoms with van der Waals surface area (Å²) >= 11 is 1.41. The lowest BCUT2D eigenvalue weighted by Crippen LogP contribution is -2.47. The second-order valence-corrected chi connectivity index (χ2v) is 10.5. The number of likely N-dealkylation sites (N-methyl/N-ethyl adjacent to an activating group) is 1. The van der Waals surface area contributed by atoms with E-state index in [1.165, 1.54) is 18.8 Å². The van der Waals surface area contributed by atoms with Gasteiger partial charge in [-0.3, -0.25) is 14.6 Å². The van der Waals surface area contributed by atoms with E-state index in [2.05, 4.69) is 27.8 Å². The maximum atomic E-state index is 13.1. The van der Waals surface area contributed by atoms with Crippen molar-refractivity contribution in [3.8, 4) is 28.2 Å². The Morgan fingerprint density at radius 2 is 1.82 bits per heavy atom. The van der Waals surface area contributed by atoms with Crippen LogP contribution in [0, 0.1) is 6.92 Å². The number of furan rings is 1. The molecule has 0 spiro atoms. The Kier molecular flexibility index (Phi) is 8.17. The molecule has 0 saturated heterocycles. The predicted molar refractivity (Wildman–Crippen MR) is 158 cm³/mol. The van der Waals surface area contributed by atoms with E-state index in [0.29, 0.717) is 0 Å². The third kappa shape index (κ3) is 6.02. The first-order valence-corrected chi connectivity index (χ1v) is 13.8. The fraction of sp³-hybridized carbons (Fsp3) is 0.156. The second-order valence-electron chi connectivity index (χ2n) is 9.45. The van der Waals surface area contributed by atoms with Gasteiger partial charge in [-0.1, -0.05) is 42.5 Å². The monoisotopic (exact) mass is 551 g/mol. The van der Waals surface area contributed by atoms with E-state index >= 15 is 0 Å². The molecule has 0 saturated carbocycles. The summed E-state index contributed by atoms with van der Waals surface area (Å²) in [5, 5.41) is 17.7. The first-order valence-electron chi connectivity index (χ1n) is 12.9. The van der Waals surface area contributed by atoms with Crippen LogP contribution in [-0.4, -0.2) is 40.7 Å². The fourth-order valence-electron chi connectivity index (χ4n) is 4.60. The van der Waals surface area contributed by atoms with E-state index in [-0.39, 0.29) is 29.7 Å². The molecule has 2 aromatic heterocycles. The van der Waals surface area contributed by atoms with E-state index in [1.807, 2.05) is 54.7 Å². The number of benzene rings is 3. The molecule has 0 fully saturated rings. The third-order valence-electron chi connectivity index (χ3n) is 6.69. The molecule has 7 nitrogen and oxygen atoms in total. The quantitative estimate of drug-likeness (QED) is 0.202. The van der Waals surface area contributed by atoms with Gasteiger partial charge in [0.05, 0.1) is 12.0 Å². The van der Waals surface area contributed by atoms with Crippen molar-refractivity contribution in [2.24, 2.45) is 0 Å². The van der Waals surface area contributed by atoms with Crippen LogP contribution >= 0.6 is 11.8 Å². The molecule has 5 aromatic rings. The summed E-state index contributed by atoms with van der Waals surface area (Å²) in [6.45, 7) is 1.80. The van der Waals surface area contributed by atoms with Crippen LogP contribution < -0.4 is 10.6 Å². The van der Waals surface area contributed by atoms with E-state index < -0.39 is 6.04 Å². The Bertz CT molecular complexity index is 1670.